The van der Waals surface area contributed by atoms with Crippen LogP contribution in [0, 0.1) is 11.3 Å². The summed E-state index contributed by atoms with van der Waals surface area (Å²) in [5.41, 5.74) is 3.82. The monoisotopic (exact) mass is 551 g/mol. The number of pyridine rings is 1. The van der Waals surface area contributed by atoms with Crippen LogP contribution in [0.25, 0.3) is 22.2 Å². The molecule has 5 rings (SSSR count). The molecule has 1 amide bonds. The molecular weight excluding hydrogens is 518 g/mol. The first-order chi connectivity index (χ1) is 19.8. The molecular formula is C30H33N9O2. The summed E-state index contributed by atoms with van der Waals surface area (Å²) in [5, 5.41) is 17.0. The van der Waals surface area contributed by atoms with Gasteiger partial charge in [-0.3, -0.25) is 4.79 Å². The van der Waals surface area contributed by atoms with E-state index in [2.05, 4.69) is 50.0 Å². The summed E-state index contributed by atoms with van der Waals surface area (Å²) in [6, 6.07) is 12.6. The van der Waals surface area contributed by atoms with E-state index >= 15 is 0 Å². The standard InChI is InChI=1S/C30H33N9O2/c1-6-26(40)33-23-15-24(29(41-5)36-28(23)38(4)14-13-37(2)3)34-30-32-17-19(16-31)27(35-30)22-18-39(20-11-12-20)25-10-8-7-9-21(22)25/h6-10,15,17-18,20H,1,11-14H2,2-5H3,(H,33,40)(H,32,34,35). The van der Waals surface area contributed by atoms with E-state index in [1.165, 1.54) is 19.4 Å². The topological polar surface area (TPSA) is 124 Å². The van der Waals surface area contributed by atoms with Crippen LogP contribution >= 0.6 is 0 Å². The summed E-state index contributed by atoms with van der Waals surface area (Å²) < 4.78 is 7.89. The molecule has 3 aromatic heterocycles. The van der Waals surface area contributed by atoms with E-state index in [0.29, 0.717) is 46.9 Å². The van der Waals surface area contributed by atoms with Gasteiger partial charge in [0.25, 0.3) is 0 Å². The number of carbonyl (C=O) groups is 1. The number of ether oxygens (including phenoxy) is 1. The molecule has 1 fully saturated rings. The van der Waals surface area contributed by atoms with Crippen LogP contribution in [0.1, 0.15) is 24.4 Å². The molecule has 0 atom stereocenters. The molecule has 0 spiro atoms. The Morgan fingerprint density at radius 2 is 2.00 bits per heavy atom. The highest BCUT2D eigenvalue weighted by Crippen LogP contribution is 2.42. The molecule has 11 nitrogen and oxygen atoms in total. The molecule has 0 unspecified atom stereocenters. The molecule has 1 aliphatic rings. The predicted octanol–water partition coefficient (Wildman–Crippen LogP) is 4.57. The van der Waals surface area contributed by atoms with Gasteiger partial charge < -0.3 is 29.7 Å². The van der Waals surface area contributed by atoms with Crippen molar-refractivity contribution in [1.29, 1.82) is 5.26 Å². The Kier molecular flexibility index (Phi) is 7.85. The zero-order chi connectivity index (χ0) is 29.1. The van der Waals surface area contributed by atoms with Crippen LogP contribution in [-0.2, 0) is 4.79 Å². The number of para-hydroxylation sites is 1. The average molecular weight is 552 g/mol. The van der Waals surface area contributed by atoms with Gasteiger partial charge >= 0.3 is 0 Å². The normalized spacial score (nSPS) is 12.7. The SMILES string of the molecule is C=CC(=O)Nc1cc(Nc2ncc(C#N)c(-c3cn(C4CC4)c4ccccc34)n2)c(OC)nc1N(C)CCN(C)C. The minimum absolute atomic E-state index is 0.261. The second kappa shape index (κ2) is 11.7. The smallest absolute Gasteiger partial charge is 0.247 e. The van der Waals surface area contributed by atoms with Crippen molar-refractivity contribution in [2.75, 3.05) is 56.9 Å². The van der Waals surface area contributed by atoms with Gasteiger partial charge in [-0.05, 0) is 45.1 Å². The molecule has 1 saturated carbocycles. The van der Waals surface area contributed by atoms with Gasteiger partial charge in [-0.25, -0.2) is 9.97 Å². The quantitative estimate of drug-likeness (QED) is 0.258. The number of methoxy groups -OCH3 is 1. The summed E-state index contributed by atoms with van der Waals surface area (Å²) in [6.45, 7) is 5.02. The molecule has 210 valence electrons. The first-order valence-electron chi connectivity index (χ1n) is 13.3. The number of hydrogen-bond donors (Lipinski definition) is 2. The van der Waals surface area contributed by atoms with Crippen molar-refractivity contribution >= 4 is 40.0 Å². The largest absolute Gasteiger partial charge is 0.479 e. The molecule has 2 N–H and O–H groups in total. The Bertz CT molecular complexity index is 1650. The number of nitrogens with one attached hydrogen (secondary N) is 2. The van der Waals surface area contributed by atoms with E-state index in [4.69, 9.17) is 14.7 Å². The molecule has 1 aromatic carbocycles. The van der Waals surface area contributed by atoms with Crippen molar-refractivity contribution in [2.24, 2.45) is 0 Å². The van der Waals surface area contributed by atoms with Gasteiger partial charge in [-0.15, -0.1) is 0 Å². The van der Waals surface area contributed by atoms with E-state index in [1.54, 1.807) is 6.07 Å². The molecule has 0 saturated heterocycles. The van der Waals surface area contributed by atoms with Crippen molar-refractivity contribution in [3.63, 3.8) is 0 Å². The van der Waals surface area contributed by atoms with Gasteiger partial charge in [0, 0.05) is 48.8 Å². The fourth-order valence-corrected chi connectivity index (χ4v) is 4.65. The maximum Gasteiger partial charge on any atom is 0.247 e. The lowest BCUT2D eigenvalue weighted by Gasteiger charge is -2.24. The lowest BCUT2D eigenvalue weighted by atomic mass is 10.1. The Morgan fingerprint density at radius 1 is 1.22 bits per heavy atom. The van der Waals surface area contributed by atoms with Crippen molar-refractivity contribution < 1.29 is 9.53 Å². The first kappa shape index (κ1) is 27.6. The Hall–Kier alpha value is -4.95. The summed E-state index contributed by atoms with van der Waals surface area (Å²) in [6.07, 6.45) is 7.07. The number of anilines is 4. The highest BCUT2D eigenvalue weighted by atomic mass is 16.5. The van der Waals surface area contributed by atoms with E-state index in [9.17, 15) is 10.1 Å². The van der Waals surface area contributed by atoms with E-state index in [-0.39, 0.29) is 11.9 Å². The van der Waals surface area contributed by atoms with Gasteiger partial charge in [0.15, 0.2) is 5.82 Å². The van der Waals surface area contributed by atoms with Crippen LogP contribution in [0.2, 0.25) is 0 Å². The minimum Gasteiger partial charge on any atom is -0.479 e. The maximum absolute atomic E-state index is 12.3. The van der Waals surface area contributed by atoms with Crippen molar-refractivity contribution in [3.05, 3.63) is 60.9 Å². The van der Waals surface area contributed by atoms with Gasteiger partial charge in [0.1, 0.15) is 11.8 Å². The number of rotatable bonds is 11. The summed E-state index contributed by atoms with van der Waals surface area (Å²) in [7, 11) is 7.41. The van der Waals surface area contributed by atoms with Crippen LogP contribution in [0.3, 0.4) is 0 Å². The Balaban J connectivity index is 1.55. The number of carbonyl (C=O) groups excluding carboxylic acids is 1. The molecule has 1 aliphatic carbocycles. The minimum atomic E-state index is -0.367. The van der Waals surface area contributed by atoms with E-state index in [1.807, 2.05) is 44.2 Å². The van der Waals surface area contributed by atoms with Gasteiger partial charge in [-0.2, -0.15) is 10.2 Å². The fourth-order valence-electron chi connectivity index (χ4n) is 4.65. The second-order valence-corrected chi connectivity index (χ2v) is 10.2. The molecule has 0 aliphatic heterocycles. The van der Waals surface area contributed by atoms with Gasteiger partial charge in [0.05, 0.1) is 30.3 Å². The highest BCUT2D eigenvalue weighted by molar-refractivity contribution is 6.01. The molecule has 11 heteroatoms. The number of aromatic nitrogens is 4. The average Bonchev–Trinajstić information content (AvgIpc) is 3.75. The lowest BCUT2D eigenvalue weighted by Crippen LogP contribution is -2.30. The Labute approximate surface area is 239 Å². The number of likely N-dealkylation sites (N-methyl/N-ethyl adjacent to an activating group) is 2. The number of nitrogens with zero attached hydrogens (tertiary/aromatic N) is 7. The third-order valence-corrected chi connectivity index (χ3v) is 6.94. The summed E-state index contributed by atoms with van der Waals surface area (Å²) in [4.78, 5) is 30.2. The number of nitriles is 1. The molecule has 0 radical (unpaired) electrons. The van der Waals surface area contributed by atoms with Gasteiger partial charge in [-0.1, -0.05) is 24.8 Å². The van der Waals surface area contributed by atoms with Crippen LogP contribution in [-0.4, -0.2) is 71.7 Å². The van der Waals surface area contributed by atoms with Crippen LogP contribution in [0.5, 0.6) is 5.88 Å². The second-order valence-electron chi connectivity index (χ2n) is 10.2. The van der Waals surface area contributed by atoms with E-state index < -0.39 is 0 Å². The van der Waals surface area contributed by atoms with E-state index in [0.717, 1.165) is 35.9 Å². The van der Waals surface area contributed by atoms with Crippen molar-refractivity contribution in [2.45, 2.75) is 18.9 Å². The Morgan fingerprint density at radius 3 is 2.68 bits per heavy atom. The van der Waals surface area contributed by atoms with Crippen molar-refractivity contribution in [1.82, 2.24) is 24.4 Å². The molecule has 3 heterocycles. The number of fused-ring (bicyclic) bond motifs is 1. The van der Waals surface area contributed by atoms with Crippen LogP contribution < -0.4 is 20.3 Å². The highest BCUT2D eigenvalue weighted by Gasteiger charge is 2.27. The zero-order valence-electron chi connectivity index (χ0n) is 23.7. The zero-order valence-corrected chi connectivity index (χ0v) is 23.7. The fraction of sp³-hybridized carbons (Fsp3) is 0.300. The number of amides is 1. The molecule has 0 bridgehead atoms. The molecule has 41 heavy (non-hydrogen) atoms. The number of hydrogen-bond acceptors (Lipinski definition) is 9. The third-order valence-electron chi connectivity index (χ3n) is 6.94. The maximum atomic E-state index is 12.3. The molecule has 4 aromatic rings. The predicted molar refractivity (Wildman–Crippen MR) is 161 cm³/mol. The first-order valence-corrected chi connectivity index (χ1v) is 13.3. The van der Waals surface area contributed by atoms with Crippen LogP contribution in [0.4, 0.5) is 23.1 Å². The number of benzene rings is 1. The summed E-state index contributed by atoms with van der Waals surface area (Å²) >= 11 is 0. The van der Waals surface area contributed by atoms with Crippen molar-refractivity contribution in [3.8, 4) is 23.2 Å². The van der Waals surface area contributed by atoms with Gasteiger partial charge in [0.2, 0.25) is 17.7 Å². The third kappa shape index (κ3) is 5.83. The lowest BCUT2D eigenvalue weighted by molar-refractivity contribution is -0.111. The van der Waals surface area contributed by atoms with Crippen LogP contribution in [0.15, 0.2) is 55.4 Å². The summed E-state index contributed by atoms with van der Waals surface area (Å²) in [5.74, 6) is 0.734.